The highest BCUT2D eigenvalue weighted by atomic mass is 32.2. The number of halogens is 3. The fourth-order valence-electron chi connectivity index (χ4n) is 2.93. The first-order valence-corrected chi connectivity index (χ1v) is 8.78. The molecule has 1 aromatic carbocycles. The molecule has 0 saturated heterocycles. The average Bonchev–Trinajstić information content (AvgIpc) is 3.28. The molecule has 136 valence electrons. The number of benzene rings is 1. The molecule has 2 aromatic rings. The zero-order chi connectivity index (χ0) is 18.3. The molecular formula is C16H13F3N4O2S. The van der Waals surface area contributed by atoms with Gasteiger partial charge in [0, 0.05) is 36.3 Å². The highest BCUT2D eigenvalue weighted by molar-refractivity contribution is 8.12. The van der Waals surface area contributed by atoms with Crippen molar-refractivity contribution in [1.29, 1.82) is 0 Å². The number of urea groups is 1. The highest BCUT2D eigenvalue weighted by Crippen LogP contribution is 2.36. The van der Waals surface area contributed by atoms with Crippen molar-refractivity contribution < 1.29 is 22.5 Å². The van der Waals surface area contributed by atoms with E-state index in [9.17, 15) is 18.0 Å². The number of thioether (sulfide) groups is 1. The molecule has 2 amide bonds. The van der Waals surface area contributed by atoms with Crippen molar-refractivity contribution in [3.8, 4) is 0 Å². The number of amides is 2. The lowest BCUT2D eigenvalue weighted by atomic mass is 10.0. The fraction of sp³-hybridized carbons (Fsp3) is 0.312. The van der Waals surface area contributed by atoms with Crippen LogP contribution in [0, 0.1) is 17.5 Å². The van der Waals surface area contributed by atoms with Gasteiger partial charge in [0.15, 0.2) is 23.2 Å². The molecule has 0 saturated carbocycles. The molecule has 0 fully saturated rings. The molecule has 2 aliphatic heterocycles. The minimum Gasteiger partial charge on any atom is -0.359 e. The van der Waals surface area contributed by atoms with Crippen LogP contribution in [0.5, 0.6) is 0 Å². The maximum absolute atomic E-state index is 13.3. The van der Waals surface area contributed by atoms with Crippen LogP contribution in [-0.2, 0) is 13.0 Å². The molecule has 3 heterocycles. The van der Waals surface area contributed by atoms with Gasteiger partial charge >= 0.3 is 6.03 Å². The molecule has 0 aliphatic carbocycles. The largest absolute Gasteiger partial charge is 0.359 e. The number of hydrogen-bond donors (Lipinski definition) is 1. The van der Waals surface area contributed by atoms with Gasteiger partial charge in [-0.1, -0.05) is 5.16 Å². The summed E-state index contributed by atoms with van der Waals surface area (Å²) in [5.74, 6) is -3.60. The Balaban J connectivity index is 1.50. The zero-order valence-electron chi connectivity index (χ0n) is 13.3. The SMILES string of the molecule is O=C(Nc1cc(F)c(F)c(F)c1)N1CCc2noc(C3CN=CS3)c2C1. The Bertz CT molecular complexity index is 871. The fourth-order valence-corrected chi connectivity index (χ4v) is 3.73. The van der Waals surface area contributed by atoms with Crippen molar-refractivity contribution in [2.75, 3.05) is 18.4 Å². The Hall–Kier alpha value is -2.49. The first-order valence-electron chi connectivity index (χ1n) is 7.84. The third-order valence-corrected chi connectivity index (χ3v) is 5.22. The summed E-state index contributed by atoms with van der Waals surface area (Å²) in [4.78, 5) is 18.1. The monoisotopic (exact) mass is 382 g/mol. The summed E-state index contributed by atoms with van der Waals surface area (Å²) in [7, 11) is 0. The summed E-state index contributed by atoms with van der Waals surface area (Å²) in [5.41, 5.74) is 3.24. The van der Waals surface area contributed by atoms with Crippen LogP contribution in [0.1, 0.15) is 22.3 Å². The molecule has 1 N–H and O–H groups in total. The van der Waals surface area contributed by atoms with Gasteiger partial charge in [-0.05, 0) is 0 Å². The molecule has 0 radical (unpaired) electrons. The Labute approximate surface area is 150 Å². The van der Waals surface area contributed by atoms with Crippen LogP contribution in [0.3, 0.4) is 0 Å². The van der Waals surface area contributed by atoms with E-state index in [1.165, 1.54) is 16.7 Å². The van der Waals surface area contributed by atoms with Gasteiger partial charge in [-0.3, -0.25) is 4.99 Å². The molecule has 1 aromatic heterocycles. The molecule has 4 rings (SSSR count). The van der Waals surface area contributed by atoms with Crippen LogP contribution in [0.15, 0.2) is 21.6 Å². The Morgan fingerprint density at radius 1 is 1.31 bits per heavy atom. The number of nitrogens with one attached hydrogen (secondary N) is 1. The number of carbonyl (C=O) groups is 1. The summed E-state index contributed by atoms with van der Waals surface area (Å²) in [6.07, 6.45) is 0.511. The van der Waals surface area contributed by atoms with Crippen LogP contribution in [-0.4, -0.2) is 34.7 Å². The summed E-state index contributed by atoms with van der Waals surface area (Å²) in [6.45, 7) is 1.24. The lowest BCUT2D eigenvalue weighted by Crippen LogP contribution is -2.39. The molecule has 0 spiro atoms. The van der Waals surface area contributed by atoms with Gasteiger partial charge in [-0.25, -0.2) is 18.0 Å². The van der Waals surface area contributed by atoms with Crippen LogP contribution >= 0.6 is 11.8 Å². The van der Waals surface area contributed by atoms with Crippen molar-refractivity contribution in [1.82, 2.24) is 10.1 Å². The van der Waals surface area contributed by atoms with Crippen molar-refractivity contribution in [2.45, 2.75) is 18.2 Å². The number of aromatic nitrogens is 1. The van der Waals surface area contributed by atoms with E-state index >= 15 is 0 Å². The molecule has 1 unspecified atom stereocenters. The lowest BCUT2D eigenvalue weighted by Gasteiger charge is -2.27. The topological polar surface area (TPSA) is 70.7 Å². The van der Waals surface area contributed by atoms with Crippen molar-refractivity contribution in [2.24, 2.45) is 4.99 Å². The van der Waals surface area contributed by atoms with Gasteiger partial charge in [-0.2, -0.15) is 0 Å². The molecule has 1 atom stereocenters. The molecule has 26 heavy (non-hydrogen) atoms. The van der Waals surface area contributed by atoms with Gasteiger partial charge < -0.3 is 14.7 Å². The van der Waals surface area contributed by atoms with Crippen LogP contribution < -0.4 is 5.32 Å². The summed E-state index contributed by atoms with van der Waals surface area (Å²) in [6, 6.07) is 0.940. The van der Waals surface area contributed by atoms with E-state index in [2.05, 4.69) is 15.5 Å². The van der Waals surface area contributed by atoms with E-state index in [1.54, 1.807) is 5.55 Å². The van der Waals surface area contributed by atoms with Gasteiger partial charge in [0.05, 0.1) is 29.6 Å². The first-order chi connectivity index (χ1) is 12.5. The Morgan fingerprint density at radius 3 is 2.77 bits per heavy atom. The molecule has 2 aliphatic rings. The number of nitrogens with zero attached hydrogens (tertiary/aromatic N) is 3. The minimum atomic E-state index is -1.57. The molecular weight excluding hydrogens is 369 g/mol. The standard InChI is InChI=1S/C16H13F3N4O2S/c17-10-3-8(4-11(18)14(10)19)21-16(24)23-2-1-12-9(6-23)15(25-22-12)13-5-20-7-26-13/h3-4,7,13H,1-2,5-6H2,(H,21,24). The van der Waals surface area contributed by atoms with E-state index in [0.717, 1.165) is 23.4 Å². The van der Waals surface area contributed by atoms with Gasteiger partial charge in [0.25, 0.3) is 0 Å². The van der Waals surface area contributed by atoms with Crippen molar-refractivity contribution in [3.63, 3.8) is 0 Å². The molecule has 0 bridgehead atoms. The molecule has 6 nitrogen and oxygen atoms in total. The summed E-state index contributed by atoms with van der Waals surface area (Å²) in [5, 5.41) is 6.50. The zero-order valence-corrected chi connectivity index (χ0v) is 14.2. The van der Waals surface area contributed by atoms with Crippen LogP contribution in [0.4, 0.5) is 23.7 Å². The number of rotatable bonds is 2. The number of carbonyl (C=O) groups excluding carboxylic acids is 1. The third kappa shape index (κ3) is 3.05. The Kier molecular flexibility index (Phi) is 4.35. The average molecular weight is 382 g/mol. The van der Waals surface area contributed by atoms with Crippen molar-refractivity contribution in [3.05, 3.63) is 46.6 Å². The second-order valence-electron chi connectivity index (χ2n) is 5.92. The van der Waals surface area contributed by atoms with E-state index in [4.69, 9.17) is 4.52 Å². The van der Waals surface area contributed by atoms with Gasteiger partial charge in [0.2, 0.25) is 0 Å². The number of hydrogen-bond acceptors (Lipinski definition) is 5. The maximum atomic E-state index is 13.3. The van der Waals surface area contributed by atoms with Crippen LogP contribution in [0.25, 0.3) is 0 Å². The predicted molar refractivity (Wildman–Crippen MR) is 89.6 cm³/mol. The minimum absolute atomic E-state index is 0.0366. The van der Waals surface area contributed by atoms with Gasteiger partial charge in [0.1, 0.15) is 0 Å². The lowest BCUT2D eigenvalue weighted by molar-refractivity contribution is 0.206. The van der Waals surface area contributed by atoms with E-state index < -0.39 is 23.5 Å². The van der Waals surface area contributed by atoms with Gasteiger partial charge in [-0.15, -0.1) is 11.8 Å². The van der Waals surface area contributed by atoms with E-state index in [1.807, 2.05) is 0 Å². The predicted octanol–water partition coefficient (Wildman–Crippen LogP) is 3.50. The van der Waals surface area contributed by atoms with Crippen molar-refractivity contribution >= 4 is 29.0 Å². The maximum Gasteiger partial charge on any atom is 0.322 e. The second kappa shape index (κ2) is 6.67. The third-order valence-electron chi connectivity index (χ3n) is 4.25. The number of aliphatic imine (C=N–C) groups is 1. The number of fused-ring (bicyclic) bond motifs is 1. The quantitative estimate of drug-likeness (QED) is 0.807. The summed E-state index contributed by atoms with van der Waals surface area (Å²) >= 11 is 1.53. The first kappa shape index (κ1) is 17.0. The summed E-state index contributed by atoms with van der Waals surface area (Å²) < 4.78 is 45.1. The second-order valence-corrected chi connectivity index (χ2v) is 6.97. The highest BCUT2D eigenvalue weighted by Gasteiger charge is 2.31. The van der Waals surface area contributed by atoms with E-state index in [-0.39, 0.29) is 17.5 Å². The number of anilines is 1. The van der Waals surface area contributed by atoms with Crippen LogP contribution in [0.2, 0.25) is 0 Å². The normalized spacial score (nSPS) is 18.9. The Morgan fingerprint density at radius 2 is 2.08 bits per heavy atom. The molecule has 10 heteroatoms. The smallest absolute Gasteiger partial charge is 0.322 e. The van der Waals surface area contributed by atoms with E-state index in [0.29, 0.717) is 25.3 Å².